The molecule has 0 fully saturated rings. The number of hydrogen-bond acceptors (Lipinski definition) is 4. The molecule has 0 saturated heterocycles. The topological polar surface area (TPSA) is 58.8 Å². The monoisotopic (exact) mass is 365 g/mol. The highest BCUT2D eigenvalue weighted by atomic mass is 32.2. The molecule has 0 amide bonds. The Morgan fingerprint density at radius 1 is 1.28 bits per heavy atom. The van der Waals surface area contributed by atoms with Crippen LogP contribution in [-0.2, 0) is 13.0 Å². The Morgan fingerprint density at radius 3 is 2.84 bits per heavy atom. The number of benzene rings is 1. The third kappa shape index (κ3) is 7.09. The summed E-state index contributed by atoms with van der Waals surface area (Å²) in [7, 11) is 1.52. The second-order valence-corrected chi connectivity index (χ2v) is 6.33. The van der Waals surface area contributed by atoms with E-state index in [1.54, 1.807) is 24.1 Å². The SMILES string of the molecule is COc1cc(F)cc(CN=C(NCCSC)NCCc2ccco2)c1. The van der Waals surface area contributed by atoms with Crippen molar-refractivity contribution < 1.29 is 13.5 Å². The fourth-order valence-electron chi connectivity index (χ4n) is 2.20. The van der Waals surface area contributed by atoms with E-state index in [1.807, 2.05) is 12.1 Å². The van der Waals surface area contributed by atoms with Gasteiger partial charge in [0.15, 0.2) is 5.96 Å². The average molecular weight is 365 g/mol. The Balaban J connectivity index is 1.95. The number of ether oxygens (including phenoxy) is 1. The zero-order chi connectivity index (χ0) is 17.9. The van der Waals surface area contributed by atoms with Crippen LogP contribution in [0.5, 0.6) is 5.75 Å². The van der Waals surface area contributed by atoms with E-state index in [1.165, 1.54) is 19.2 Å². The van der Waals surface area contributed by atoms with Gasteiger partial charge in [-0.3, -0.25) is 0 Å². The normalized spacial score (nSPS) is 11.4. The molecule has 0 aliphatic heterocycles. The number of guanidine groups is 1. The lowest BCUT2D eigenvalue weighted by atomic mass is 10.2. The largest absolute Gasteiger partial charge is 0.497 e. The molecule has 0 aliphatic rings. The maximum absolute atomic E-state index is 13.6. The third-order valence-electron chi connectivity index (χ3n) is 3.43. The van der Waals surface area contributed by atoms with Crippen LogP contribution < -0.4 is 15.4 Å². The first-order chi connectivity index (χ1) is 12.2. The Bertz CT molecular complexity index is 662. The van der Waals surface area contributed by atoms with E-state index in [-0.39, 0.29) is 5.82 Å². The van der Waals surface area contributed by atoms with Crippen molar-refractivity contribution in [1.82, 2.24) is 10.6 Å². The smallest absolute Gasteiger partial charge is 0.191 e. The summed E-state index contributed by atoms with van der Waals surface area (Å²) in [4.78, 5) is 4.53. The number of hydrogen-bond donors (Lipinski definition) is 2. The molecule has 7 heteroatoms. The van der Waals surface area contributed by atoms with Crippen molar-refractivity contribution in [2.45, 2.75) is 13.0 Å². The molecule has 0 radical (unpaired) electrons. The van der Waals surface area contributed by atoms with Gasteiger partial charge in [-0.2, -0.15) is 11.8 Å². The standard InChI is InChI=1S/C18H24FN3O2S/c1-23-17-11-14(10-15(19)12-17)13-22-18(21-7-9-25-2)20-6-5-16-4-3-8-24-16/h3-4,8,10-12H,5-7,9,13H2,1-2H3,(H2,20,21,22). The second-order valence-electron chi connectivity index (χ2n) is 5.34. The molecule has 0 aliphatic carbocycles. The van der Waals surface area contributed by atoms with E-state index in [0.717, 1.165) is 30.0 Å². The molecule has 0 saturated carbocycles. The van der Waals surface area contributed by atoms with E-state index >= 15 is 0 Å². The third-order valence-corrected chi connectivity index (χ3v) is 4.04. The molecule has 1 heterocycles. The molecule has 2 N–H and O–H groups in total. The number of methoxy groups -OCH3 is 1. The number of nitrogens with one attached hydrogen (secondary N) is 2. The first-order valence-corrected chi connectivity index (χ1v) is 9.47. The Hall–Kier alpha value is -2.15. The molecular weight excluding hydrogens is 341 g/mol. The van der Waals surface area contributed by atoms with E-state index in [9.17, 15) is 4.39 Å². The van der Waals surface area contributed by atoms with Gasteiger partial charge in [-0.1, -0.05) is 0 Å². The van der Waals surface area contributed by atoms with Crippen LogP contribution in [0.1, 0.15) is 11.3 Å². The predicted molar refractivity (Wildman–Crippen MR) is 101 cm³/mol. The van der Waals surface area contributed by atoms with Crippen molar-refractivity contribution in [2.75, 3.05) is 32.2 Å². The molecule has 1 aromatic heterocycles. The Kier molecular flexibility index (Phi) is 8.18. The minimum absolute atomic E-state index is 0.327. The minimum atomic E-state index is -0.327. The van der Waals surface area contributed by atoms with Gasteiger partial charge < -0.3 is 19.8 Å². The van der Waals surface area contributed by atoms with Crippen LogP contribution in [0.4, 0.5) is 4.39 Å². The highest BCUT2D eigenvalue weighted by Crippen LogP contribution is 2.16. The minimum Gasteiger partial charge on any atom is -0.497 e. The zero-order valence-corrected chi connectivity index (χ0v) is 15.4. The van der Waals surface area contributed by atoms with Crippen molar-refractivity contribution in [2.24, 2.45) is 4.99 Å². The highest BCUT2D eigenvalue weighted by molar-refractivity contribution is 7.98. The summed E-state index contributed by atoms with van der Waals surface area (Å²) in [5.74, 6) is 2.77. The summed E-state index contributed by atoms with van der Waals surface area (Å²) in [5, 5.41) is 6.55. The number of aliphatic imine (C=N–C) groups is 1. The van der Waals surface area contributed by atoms with Gasteiger partial charge in [0.25, 0.3) is 0 Å². The van der Waals surface area contributed by atoms with Gasteiger partial charge in [0, 0.05) is 31.3 Å². The molecule has 136 valence electrons. The number of furan rings is 1. The summed E-state index contributed by atoms with van der Waals surface area (Å²) in [6.07, 6.45) is 4.49. The molecule has 1 aromatic carbocycles. The lowest BCUT2D eigenvalue weighted by Crippen LogP contribution is -2.39. The number of rotatable bonds is 9. The predicted octanol–water partition coefficient (Wildman–Crippen LogP) is 3.07. The highest BCUT2D eigenvalue weighted by Gasteiger charge is 2.03. The van der Waals surface area contributed by atoms with Gasteiger partial charge in [0.05, 0.1) is 19.9 Å². The van der Waals surface area contributed by atoms with Crippen LogP contribution in [-0.4, -0.2) is 38.2 Å². The van der Waals surface area contributed by atoms with Crippen LogP contribution in [0, 0.1) is 5.82 Å². The molecule has 5 nitrogen and oxygen atoms in total. The quantitative estimate of drug-likeness (QED) is 0.406. The Morgan fingerprint density at radius 2 is 2.12 bits per heavy atom. The summed E-state index contributed by atoms with van der Waals surface area (Å²) in [5.41, 5.74) is 0.758. The van der Waals surface area contributed by atoms with Gasteiger partial charge in [-0.15, -0.1) is 0 Å². The molecule has 0 atom stereocenters. The van der Waals surface area contributed by atoms with E-state index in [0.29, 0.717) is 24.8 Å². The van der Waals surface area contributed by atoms with Crippen LogP contribution in [0.2, 0.25) is 0 Å². The second kappa shape index (κ2) is 10.7. The summed E-state index contributed by atoms with van der Waals surface area (Å²) in [6.45, 7) is 1.87. The summed E-state index contributed by atoms with van der Waals surface area (Å²) >= 11 is 1.76. The molecule has 2 aromatic rings. The number of nitrogens with zero attached hydrogens (tertiary/aromatic N) is 1. The van der Waals surface area contributed by atoms with Crippen molar-refractivity contribution in [3.8, 4) is 5.75 Å². The Labute approximate surface area is 152 Å². The number of thioether (sulfide) groups is 1. The first-order valence-electron chi connectivity index (χ1n) is 8.08. The van der Waals surface area contributed by atoms with Crippen LogP contribution in [0.3, 0.4) is 0 Å². The van der Waals surface area contributed by atoms with E-state index in [4.69, 9.17) is 9.15 Å². The average Bonchev–Trinajstić information content (AvgIpc) is 3.12. The van der Waals surface area contributed by atoms with Crippen molar-refractivity contribution in [1.29, 1.82) is 0 Å². The zero-order valence-electron chi connectivity index (χ0n) is 14.5. The summed E-state index contributed by atoms with van der Waals surface area (Å²) in [6, 6.07) is 8.42. The van der Waals surface area contributed by atoms with Crippen molar-refractivity contribution in [3.63, 3.8) is 0 Å². The van der Waals surface area contributed by atoms with Crippen LogP contribution in [0.25, 0.3) is 0 Å². The fraction of sp³-hybridized carbons (Fsp3) is 0.389. The van der Waals surface area contributed by atoms with E-state index < -0.39 is 0 Å². The van der Waals surface area contributed by atoms with Gasteiger partial charge in [0.1, 0.15) is 17.3 Å². The van der Waals surface area contributed by atoms with Crippen LogP contribution in [0.15, 0.2) is 46.0 Å². The van der Waals surface area contributed by atoms with Gasteiger partial charge >= 0.3 is 0 Å². The van der Waals surface area contributed by atoms with Gasteiger partial charge in [-0.25, -0.2) is 9.38 Å². The van der Waals surface area contributed by atoms with Crippen molar-refractivity contribution >= 4 is 17.7 Å². The molecule has 0 unspecified atom stereocenters. The number of halogens is 1. The maximum Gasteiger partial charge on any atom is 0.191 e. The fourth-order valence-corrected chi connectivity index (χ4v) is 2.51. The first kappa shape index (κ1) is 19.2. The van der Waals surface area contributed by atoms with Gasteiger partial charge in [-0.05, 0) is 36.1 Å². The lowest BCUT2D eigenvalue weighted by Gasteiger charge is -2.12. The molecule has 2 rings (SSSR count). The van der Waals surface area contributed by atoms with E-state index in [2.05, 4.69) is 21.9 Å². The molecule has 0 bridgehead atoms. The van der Waals surface area contributed by atoms with Crippen LogP contribution >= 0.6 is 11.8 Å². The summed E-state index contributed by atoms with van der Waals surface area (Å²) < 4.78 is 24.0. The molecular formula is C18H24FN3O2S. The lowest BCUT2D eigenvalue weighted by molar-refractivity contribution is 0.410. The maximum atomic E-state index is 13.6. The molecule has 25 heavy (non-hydrogen) atoms. The molecule has 0 spiro atoms. The van der Waals surface area contributed by atoms with Crippen molar-refractivity contribution in [3.05, 3.63) is 53.7 Å². The van der Waals surface area contributed by atoms with Gasteiger partial charge in [0.2, 0.25) is 0 Å².